The molecule has 0 saturated carbocycles. The molecule has 2 aromatic carbocycles. The number of halogens is 1. The molecule has 2 amide bonds. The van der Waals surface area contributed by atoms with Crippen LogP contribution in [0, 0.1) is 6.92 Å². The molecular weight excluding hydrogens is 432 g/mol. The number of nitrogens with zero attached hydrogens (tertiary/aromatic N) is 1. The van der Waals surface area contributed by atoms with Gasteiger partial charge in [0.1, 0.15) is 11.8 Å². The molecule has 156 valence electrons. The maximum absolute atomic E-state index is 13.0. The lowest BCUT2D eigenvalue weighted by atomic mass is 10.1. The molecule has 5 nitrogen and oxygen atoms in total. The van der Waals surface area contributed by atoms with Crippen LogP contribution in [0.5, 0.6) is 5.75 Å². The first-order valence-corrected chi connectivity index (χ1v) is 10.8. The number of nitrogens with one attached hydrogen (secondary N) is 1. The van der Waals surface area contributed by atoms with E-state index in [2.05, 4.69) is 21.2 Å². The highest BCUT2D eigenvalue weighted by Crippen LogP contribution is 2.21. The summed E-state index contributed by atoms with van der Waals surface area (Å²) in [6.45, 7) is 6.65. The Morgan fingerprint density at radius 2 is 1.86 bits per heavy atom. The van der Waals surface area contributed by atoms with Crippen LogP contribution in [0.3, 0.4) is 0 Å². The second kappa shape index (κ2) is 11.6. The third kappa shape index (κ3) is 6.89. The van der Waals surface area contributed by atoms with Gasteiger partial charge in [0.05, 0.1) is 0 Å². The first-order chi connectivity index (χ1) is 14.0. The molecule has 6 heteroatoms. The Hall–Kier alpha value is -2.34. The van der Waals surface area contributed by atoms with Gasteiger partial charge in [-0.15, -0.1) is 0 Å². The Morgan fingerprint density at radius 3 is 2.48 bits per heavy atom. The van der Waals surface area contributed by atoms with Crippen molar-refractivity contribution in [1.82, 2.24) is 10.2 Å². The zero-order chi connectivity index (χ0) is 21.2. The highest BCUT2D eigenvalue weighted by Gasteiger charge is 2.28. The van der Waals surface area contributed by atoms with Gasteiger partial charge in [-0.1, -0.05) is 53.2 Å². The molecule has 2 aromatic rings. The SMILES string of the molecule is CCNC(=O)C(CC)N(CCc1ccccc1)C(=O)COc1ccc(Br)c(C)c1. The summed E-state index contributed by atoms with van der Waals surface area (Å²) in [5.74, 6) is 0.309. The molecule has 1 atom stereocenters. The lowest BCUT2D eigenvalue weighted by Crippen LogP contribution is -2.51. The zero-order valence-corrected chi connectivity index (χ0v) is 18.9. The molecule has 2 rings (SSSR count). The van der Waals surface area contributed by atoms with Crippen molar-refractivity contribution in [2.75, 3.05) is 19.7 Å². The van der Waals surface area contributed by atoms with E-state index in [4.69, 9.17) is 4.74 Å². The van der Waals surface area contributed by atoms with E-state index < -0.39 is 6.04 Å². The van der Waals surface area contributed by atoms with Crippen molar-refractivity contribution in [2.45, 2.75) is 39.7 Å². The van der Waals surface area contributed by atoms with E-state index in [9.17, 15) is 9.59 Å². The third-order valence-corrected chi connectivity index (χ3v) is 5.60. The highest BCUT2D eigenvalue weighted by atomic mass is 79.9. The molecule has 0 aliphatic carbocycles. The molecule has 0 bridgehead atoms. The Labute approximate surface area is 181 Å². The number of likely N-dealkylation sites (N-methyl/N-ethyl adjacent to an activating group) is 1. The molecule has 0 fully saturated rings. The van der Waals surface area contributed by atoms with E-state index in [0.29, 0.717) is 31.7 Å². The molecular formula is C23H29BrN2O3. The van der Waals surface area contributed by atoms with Gasteiger partial charge < -0.3 is 15.0 Å². The third-order valence-electron chi connectivity index (χ3n) is 4.71. The summed E-state index contributed by atoms with van der Waals surface area (Å²) < 4.78 is 6.72. The molecule has 0 saturated heterocycles. The van der Waals surface area contributed by atoms with Crippen molar-refractivity contribution < 1.29 is 14.3 Å². The van der Waals surface area contributed by atoms with Crippen LogP contribution in [-0.2, 0) is 16.0 Å². The predicted molar refractivity (Wildman–Crippen MR) is 119 cm³/mol. The molecule has 0 aliphatic rings. The van der Waals surface area contributed by atoms with Gasteiger partial charge in [0.25, 0.3) is 5.91 Å². The maximum Gasteiger partial charge on any atom is 0.261 e. The first kappa shape index (κ1) is 22.9. The molecule has 0 spiro atoms. The van der Waals surface area contributed by atoms with Crippen LogP contribution in [0.2, 0.25) is 0 Å². The predicted octanol–water partition coefficient (Wildman–Crippen LogP) is 4.12. The Balaban J connectivity index is 2.11. The zero-order valence-electron chi connectivity index (χ0n) is 17.3. The Bertz CT molecular complexity index is 811. The van der Waals surface area contributed by atoms with Crippen molar-refractivity contribution in [3.63, 3.8) is 0 Å². The van der Waals surface area contributed by atoms with Gasteiger partial charge in [0.2, 0.25) is 5.91 Å². The van der Waals surface area contributed by atoms with Crippen molar-refractivity contribution in [3.8, 4) is 5.75 Å². The summed E-state index contributed by atoms with van der Waals surface area (Å²) >= 11 is 3.46. The van der Waals surface area contributed by atoms with E-state index in [1.165, 1.54) is 0 Å². The van der Waals surface area contributed by atoms with Gasteiger partial charge in [0, 0.05) is 17.6 Å². The normalized spacial score (nSPS) is 11.6. The molecule has 1 N–H and O–H groups in total. The molecule has 29 heavy (non-hydrogen) atoms. The Morgan fingerprint density at radius 1 is 1.14 bits per heavy atom. The van der Waals surface area contributed by atoms with Crippen LogP contribution in [-0.4, -0.2) is 42.5 Å². The van der Waals surface area contributed by atoms with Crippen molar-refractivity contribution in [2.24, 2.45) is 0 Å². The van der Waals surface area contributed by atoms with Gasteiger partial charge in [-0.05, 0) is 56.0 Å². The van der Waals surface area contributed by atoms with E-state index in [1.807, 2.05) is 69.3 Å². The van der Waals surface area contributed by atoms with Crippen LogP contribution in [0.25, 0.3) is 0 Å². The largest absolute Gasteiger partial charge is 0.484 e. The van der Waals surface area contributed by atoms with Crippen molar-refractivity contribution in [1.29, 1.82) is 0 Å². The number of rotatable bonds is 10. The molecule has 0 heterocycles. The summed E-state index contributed by atoms with van der Waals surface area (Å²) in [5, 5.41) is 2.84. The topological polar surface area (TPSA) is 58.6 Å². The number of ether oxygens (including phenoxy) is 1. The average molecular weight is 461 g/mol. The fourth-order valence-corrected chi connectivity index (χ4v) is 3.37. The summed E-state index contributed by atoms with van der Waals surface area (Å²) in [4.78, 5) is 27.2. The first-order valence-electron chi connectivity index (χ1n) is 9.96. The van der Waals surface area contributed by atoms with Crippen LogP contribution in [0.15, 0.2) is 53.0 Å². The monoisotopic (exact) mass is 460 g/mol. The lowest BCUT2D eigenvalue weighted by Gasteiger charge is -2.30. The van der Waals surface area contributed by atoms with Gasteiger partial charge in [-0.2, -0.15) is 0 Å². The number of benzene rings is 2. The highest BCUT2D eigenvalue weighted by molar-refractivity contribution is 9.10. The minimum absolute atomic E-state index is 0.105. The van der Waals surface area contributed by atoms with Crippen LogP contribution in [0.1, 0.15) is 31.4 Å². The quantitative estimate of drug-likeness (QED) is 0.579. The summed E-state index contributed by atoms with van der Waals surface area (Å²) in [6, 6.07) is 15.0. The van der Waals surface area contributed by atoms with E-state index in [-0.39, 0.29) is 18.4 Å². The molecule has 0 aromatic heterocycles. The smallest absolute Gasteiger partial charge is 0.261 e. The minimum Gasteiger partial charge on any atom is -0.484 e. The minimum atomic E-state index is -0.513. The van der Waals surface area contributed by atoms with E-state index in [1.54, 1.807) is 4.90 Å². The summed E-state index contributed by atoms with van der Waals surface area (Å²) in [7, 11) is 0. The number of amides is 2. The molecule has 0 aliphatic heterocycles. The van der Waals surface area contributed by atoms with E-state index in [0.717, 1.165) is 15.6 Å². The second-order valence-corrected chi connectivity index (χ2v) is 7.70. The van der Waals surface area contributed by atoms with Gasteiger partial charge in [-0.25, -0.2) is 0 Å². The summed E-state index contributed by atoms with van der Waals surface area (Å²) in [6.07, 6.45) is 1.23. The Kier molecular flexibility index (Phi) is 9.19. The van der Waals surface area contributed by atoms with Crippen LogP contribution in [0.4, 0.5) is 0 Å². The number of aryl methyl sites for hydroxylation is 1. The van der Waals surface area contributed by atoms with Gasteiger partial charge >= 0.3 is 0 Å². The number of hydrogen-bond acceptors (Lipinski definition) is 3. The second-order valence-electron chi connectivity index (χ2n) is 6.84. The number of hydrogen-bond donors (Lipinski definition) is 1. The van der Waals surface area contributed by atoms with Crippen LogP contribution < -0.4 is 10.1 Å². The van der Waals surface area contributed by atoms with Gasteiger partial charge in [-0.3, -0.25) is 9.59 Å². The molecule has 1 unspecified atom stereocenters. The van der Waals surface area contributed by atoms with E-state index >= 15 is 0 Å². The van der Waals surface area contributed by atoms with Crippen LogP contribution >= 0.6 is 15.9 Å². The number of carbonyl (C=O) groups is 2. The lowest BCUT2D eigenvalue weighted by molar-refractivity contribution is -0.142. The van der Waals surface area contributed by atoms with Crippen molar-refractivity contribution >= 4 is 27.7 Å². The van der Waals surface area contributed by atoms with Gasteiger partial charge in [0.15, 0.2) is 6.61 Å². The fourth-order valence-electron chi connectivity index (χ4n) is 3.12. The number of carbonyl (C=O) groups excluding carboxylic acids is 2. The molecule has 0 radical (unpaired) electrons. The fraction of sp³-hybridized carbons (Fsp3) is 0.391. The van der Waals surface area contributed by atoms with Crippen molar-refractivity contribution in [3.05, 3.63) is 64.1 Å². The summed E-state index contributed by atoms with van der Waals surface area (Å²) in [5.41, 5.74) is 2.16. The standard InChI is InChI=1S/C23H29BrN2O3/c1-4-21(23(28)25-5-2)26(14-13-18-9-7-6-8-10-18)22(27)16-29-19-11-12-20(24)17(3)15-19/h6-12,15,21H,4-5,13-14,16H2,1-3H3,(H,25,28). The average Bonchev–Trinajstić information content (AvgIpc) is 2.72. The maximum atomic E-state index is 13.0.